The van der Waals surface area contributed by atoms with Crippen LogP contribution < -0.4 is 14.9 Å². The molecule has 5 rings (SSSR count). The van der Waals surface area contributed by atoms with E-state index in [2.05, 4.69) is 20.5 Å². The smallest absolute Gasteiger partial charge is 0.256 e. The molecule has 1 atom stereocenters. The summed E-state index contributed by atoms with van der Waals surface area (Å²) in [5.74, 6) is 0.415. The highest BCUT2D eigenvalue weighted by atomic mass is 35.5. The molecule has 1 fully saturated rings. The first kappa shape index (κ1) is 29.5. The SMILES string of the molecule is Cc1cc(C(=O)NCC(O)CN2CCOCC2)c(/C=C2\C(=O)Nc3ccc(SCc4c(Cl)cccc4OCl)cc32)[nH]1. The number of aromatic amines is 1. The van der Waals surface area contributed by atoms with Crippen molar-refractivity contribution in [2.45, 2.75) is 23.7 Å². The number of carbonyl (C=O) groups excluding carboxylic acids is 2. The molecule has 12 heteroatoms. The molecule has 2 aliphatic rings. The molecule has 2 aromatic carbocycles. The second-order valence-corrected chi connectivity index (χ2v) is 11.5. The fraction of sp³-hybridized carbons (Fsp3) is 0.310. The van der Waals surface area contributed by atoms with Gasteiger partial charge < -0.3 is 29.8 Å². The first-order valence-corrected chi connectivity index (χ1v) is 14.8. The van der Waals surface area contributed by atoms with E-state index >= 15 is 0 Å². The molecule has 4 N–H and O–H groups in total. The Balaban J connectivity index is 1.31. The highest BCUT2D eigenvalue weighted by Crippen LogP contribution is 2.39. The number of benzene rings is 2. The maximum atomic E-state index is 13.1. The van der Waals surface area contributed by atoms with Crippen molar-refractivity contribution < 1.29 is 23.7 Å². The molecule has 3 heterocycles. The molecule has 1 unspecified atom stereocenters. The van der Waals surface area contributed by atoms with Crippen molar-refractivity contribution in [2.24, 2.45) is 0 Å². The molecule has 41 heavy (non-hydrogen) atoms. The Morgan fingerprint density at radius 2 is 2.07 bits per heavy atom. The van der Waals surface area contributed by atoms with Crippen LogP contribution in [0.4, 0.5) is 5.69 Å². The molecule has 0 radical (unpaired) electrons. The number of aryl methyl sites for hydroxylation is 1. The summed E-state index contributed by atoms with van der Waals surface area (Å²) in [6.07, 6.45) is 0.981. The molecule has 216 valence electrons. The number of H-pyrrole nitrogens is 1. The quantitative estimate of drug-likeness (QED) is 0.192. The summed E-state index contributed by atoms with van der Waals surface area (Å²) in [7, 11) is 0. The number of carbonyl (C=O) groups is 2. The average molecular weight is 618 g/mol. The monoisotopic (exact) mass is 616 g/mol. The number of fused-ring (bicyclic) bond motifs is 1. The number of rotatable bonds is 10. The number of β-amino-alcohol motifs (C(OH)–C–C–N with tert-alkyl or cyclic N) is 1. The number of morpholine rings is 1. The maximum absolute atomic E-state index is 13.1. The van der Waals surface area contributed by atoms with Crippen LogP contribution in [0.15, 0.2) is 47.4 Å². The number of halogens is 2. The number of aromatic nitrogens is 1. The lowest BCUT2D eigenvalue weighted by Gasteiger charge is -2.28. The van der Waals surface area contributed by atoms with Gasteiger partial charge in [0.2, 0.25) is 0 Å². The lowest BCUT2D eigenvalue weighted by molar-refractivity contribution is -0.110. The van der Waals surface area contributed by atoms with Gasteiger partial charge in [-0.3, -0.25) is 14.5 Å². The molecule has 2 amide bonds. The van der Waals surface area contributed by atoms with Gasteiger partial charge in [-0.05, 0) is 49.4 Å². The fourth-order valence-electron chi connectivity index (χ4n) is 4.82. The third-order valence-corrected chi connectivity index (χ3v) is 8.44. The summed E-state index contributed by atoms with van der Waals surface area (Å²) in [5.41, 5.74) is 4.31. The van der Waals surface area contributed by atoms with Crippen molar-refractivity contribution in [1.29, 1.82) is 0 Å². The largest absolute Gasteiger partial charge is 0.390 e. The normalized spacial score (nSPS) is 16.9. The van der Waals surface area contributed by atoms with Crippen molar-refractivity contribution >= 4 is 64.4 Å². The zero-order valence-corrected chi connectivity index (χ0v) is 24.7. The van der Waals surface area contributed by atoms with Gasteiger partial charge in [0.15, 0.2) is 5.75 Å². The van der Waals surface area contributed by atoms with Crippen LogP contribution in [-0.4, -0.2) is 72.3 Å². The Morgan fingerprint density at radius 1 is 1.27 bits per heavy atom. The molecular weight excluding hydrogens is 587 g/mol. The summed E-state index contributed by atoms with van der Waals surface area (Å²) in [6, 6.07) is 12.7. The van der Waals surface area contributed by atoms with Crippen molar-refractivity contribution in [3.05, 3.63) is 75.6 Å². The molecule has 9 nitrogen and oxygen atoms in total. The first-order valence-electron chi connectivity index (χ1n) is 13.1. The van der Waals surface area contributed by atoms with E-state index in [1.165, 1.54) is 11.8 Å². The third-order valence-electron chi connectivity index (χ3n) is 6.90. The molecule has 0 spiro atoms. The molecule has 2 aliphatic heterocycles. The van der Waals surface area contributed by atoms with Gasteiger partial charge in [-0.1, -0.05) is 17.7 Å². The average Bonchev–Trinajstić information content (AvgIpc) is 3.49. The summed E-state index contributed by atoms with van der Waals surface area (Å²) in [6.45, 7) is 5.21. The lowest BCUT2D eigenvalue weighted by atomic mass is 10.0. The summed E-state index contributed by atoms with van der Waals surface area (Å²) in [4.78, 5) is 32.3. The minimum Gasteiger partial charge on any atom is -0.390 e. The zero-order chi connectivity index (χ0) is 28.9. The molecule has 0 saturated carbocycles. The summed E-state index contributed by atoms with van der Waals surface area (Å²) >= 11 is 13.5. The van der Waals surface area contributed by atoms with Crippen LogP contribution in [0.1, 0.15) is 32.9 Å². The van der Waals surface area contributed by atoms with Gasteiger partial charge in [0.25, 0.3) is 11.8 Å². The van der Waals surface area contributed by atoms with E-state index in [1.807, 2.05) is 25.1 Å². The van der Waals surface area contributed by atoms with Gasteiger partial charge in [0, 0.05) is 64.4 Å². The Labute approximate surface area is 252 Å². The summed E-state index contributed by atoms with van der Waals surface area (Å²) < 4.78 is 10.3. The molecular formula is C29H30Cl2N4O5S. The second kappa shape index (κ2) is 13.3. The van der Waals surface area contributed by atoms with Gasteiger partial charge in [-0.25, -0.2) is 0 Å². The number of nitrogens with one attached hydrogen (secondary N) is 3. The van der Waals surface area contributed by atoms with Crippen molar-refractivity contribution in [3.63, 3.8) is 0 Å². The number of amides is 2. The Hall–Kier alpha value is -2.99. The Kier molecular flexibility index (Phi) is 9.59. The van der Waals surface area contributed by atoms with Gasteiger partial charge in [0.1, 0.15) is 11.9 Å². The molecule has 0 aliphatic carbocycles. The van der Waals surface area contributed by atoms with E-state index in [4.69, 9.17) is 32.5 Å². The zero-order valence-electron chi connectivity index (χ0n) is 22.3. The number of hydrogen-bond acceptors (Lipinski definition) is 7. The summed E-state index contributed by atoms with van der Waals surface area (Å²) in [5, 5.41) is 16.7. The van der Waals surface area contributed by atoms with Gasteiger partial charge >= 0.3 is 0 Å². The van der Waals surface area contributed by atoms with E-state index in [0.29, 0.717) is 58.8 Å². The van der Waals surface area contributed by atoms with E-state index in [-0.39, 0.29) is 18.4 Å². The topological polar surface area (TPSA) is 116 Å². The van der Waals surface area contributed by atoms with Gasteiger partial charge in [0.05, 0.1) is 36.1 Å². The van der Waals surface area contributed by atoms with Crippen LogP contribution >= 0.6 is 35.2 Å². The predicted octanol–water partition coefficient (Wildman–Crippen LogP) is 4.72. The van der Waals surface area contributed by atoms with Crippen LogP contribution in [0, 0.1) is 6.92 Å². The standard InChI is InChI=1S/C29H30Cl2N4O5S/c1-17-11-22(28(37)32-14-18(36)15-35-7-9-39-10-8-35)26(33-17)13-21-20-12-19(5-6-25(20)34-29(21)38)41-16-23-24(30)3-2-4-27(23)40-31/h2-6,11-13,18,33,36H,7-10,14-16H2,1H3,(H,32,37)(H,34,38)/b21-13-. The predicted molar refractivity (Wildman–Crippen MR) is 162 cm³/mol. The van der Waals surface area contributed by atoms with Crippen LogP contribution in [0.3, 0.4) is 0 Å². The second-order valence-electron chi connectivity index (χ2n) is 9.86. The Bertz CT molecular complexity index is 1470. The minimum atomic E-state index is -0.708. The van der Waals surface area contributed by atoms with Crippen molar-refractivity contribution in [2.75, 3.05) is 44.7 Å². The molecule has 3 aromatic rings. The lowest BCUT2D eigenvalue weighted by Crippen LogP contribution is -2.44. The maximum Gasteiger partial charge on any atom is 0.256 e. The number of aliphatic hydroxyl groups is 1. The van der Waals surface area contributed by atoms with Crippen LogP contribution in [0.5, 0.6) is 5.75 Å². The number of hydrogen-bond donors (Lipinski definition) is 4. The fourth-order valence-corrected chi connectivity index (χ4v) is 6.25. The van der Waals surface area contributed by atoms with E-state index in [0.717, 1.165) is 34.8 Å². The number of ether oxygens (including phenoxy) is 1. The van der Waals surface area contributed by atoms with E-state index < -0.39 is 6.10 Å². The molecule has 0 bridgehead atoms. The van der Waals surface area contributed by atoms with Gasteiger partial charge in [-0.2, -0.15) is 0 Å². The van der Waals surface area contributed by atoms with E-state index in [1.54, 1.807) is 30.3 Å². The van der Waals surface area contributed by atoms with Crippen LogP contribution in [0.25, 0.3) is 11.6 Å². The van der Waals surface area contributed by atoms with Crippen molar-refractivity contribution in [1.82, 2.24) is 15.2 Å². The third kappa shape index (κ3) is 7.09. The molecule has 1 aromatic heterocycles. The Morgan fingerprint density at radius 3 is 2.85 bits per heavy atom. The highest BCUT2D eigenvalue weighted by molar-refractivity contribution is 7.98. The van der Waals surface area contributed by atoms with Crippen molar-refractivity contribution in [3.8, 4) is 5.75 Å². The number of aliphatic hydroxyl groups excluding tert-OH is 1. The number of anilines is 1. The van der Waals surface area contributed by atoms with Gasteiger partial charge in [-0.15, -0.1) is 11.8 Å². The number of nitrogens with zero attached hydrogens (tertiary/aromatic N) is 1. The van der Waals surface area contributed by atoms with E-state index in [9.17, 15) is 14.7 Å². The number of thioether (sulfide) groups is 1. The van der Waals surface area contributed by atoms with Crippen LogP contribution in [-0.2, 0) is 15.3 Å². The first-order chi connectivity index (χ1) is 19.8. The van der Waals surface area contributed by atoms with Crippen LogP contribution in [0.2, 0.25) is 5.02 Å². The highest BCUT2D eigenvalue weighted by Gasteiger charge is 2.26. The molecule has 1 saturated heterocycles. The minimum absolute atomic E-state index is 0.113.